The van der Waals surface area contributed by atoms with Crippen LogP contribution in [0.1, 0.15) is 22.3 Å². The number of benzene rings is 2. The fraction of sp³-hybridized carbons (Fsp3) is 0.182. The summed E-state index contributed by atoms with van der Waals surface area (Å²) in [5, 5.41) is 19.4. The quantitative estimate of drug-likeness (QED) is 0.274. The molecule has 0 bridgehead atoms. The maximum atomic E-state index is 13.3. The fourth-order valence-electron chi connectivity index (χ4n) is 3.07. The maximum absolute atomic E-state index is 13.3. The highest BCUT2D eigenvalue weighted by atomic mass is 32.1. The van der Waals surface area contributed by atoms with Crippen molar-refractivity contribution in [3.63, 3.8) is 0 Å². The molecule has 180 valence electrons. The van der Waals surface area contributed by atoms with Gasteiger partial charge in [-0.25, -0.2) is 4.98 Å². The lowest BCUT2D eigenvalue weighted by Gasteiger charge is -2.11. The van der Waals surface area contributed by atoms with E-state index in [2.05, 4.69) is 20.8 Å². The molecule has 35 heavy (non-hydrogen) atoms. The van der Waals surface area contributed by atoms with Gasteiger partial charge in [-0.05, 0) is 24.3 Å². The third kappa shape index (κ3) is 6.22. The minimum atomic E-state index is -0.652. The number of nitro benzene ring substituents is 1. The molecule has 2 amide bonds. The number of hydrogen-bond donors (Lipinski definition) is 2. The topological polar surface area (TPSA) is 145 Å². The van der Waals surface area contributed by atoms with Crippen molar-refractivity contribution in [2.75, 3.05) is 23.8 Å². The molecule has 2 heterocycles. The van der Waals surface area contributed by atoms with E-state index in [-0.39, 0.29) is 28.2 Å². The van der Waals surface area contributed by atoms with E-state index in [0.717, 1.165) is 6.20 Å². The van der Waals surface area contributed by atoms with Crippen molar-refractivity contribution in [3.05, 3.63) is 81.1 Å². The summed E-state index contributed by atoms with van der Waals surface area (Å²) in [5.41, 5.74) is 0.850. The van der Waals surface area contributed by atoms with Crippen molar-refractivity contribution in [2.45, 2.75) is 12.5 Å². The van der Waals surface area contributed by atoms with E-state index in [1.807, 2.05) is 0 Å². The highest BCUT2D eigenvalue weighted by Crippen LogP contribution is 2.19. The van der Waals surface area contributed by atoms with Gasteiger partial charge in [0.15, 0.2) is 22.1 Å². The van der Waals surface area contributed by atoms with Crippen LogP contribution >= 0.6 is 11.3 Å². The molecule has 3 aromatic rings. The van der Waals surface area contributed by atoms with Crippen LogP contribution < -0.4 is 10.6 Å². The number of nitrogens with zero attached hydrogens (tertiary/aromatic N) is 3. The minimum absolute atomic E-state index is 0.0661. The van der Waals surface area contributed by atoms with Crippen molar-refractivity contribution in [1.29, 1.82) is 0 Å². The number of ether oxygens (including phenoxy) is 1. The van der Waals surface area contributed by atoms with Gasteiger partial charge < -0.3 is 14.9 Å². The Labute approximate surface area is 201 Å². The van der Waals surface area contributed by atoms with Crippen LogP contribution in [0.25, 0.3) is 0 Å². The number of amides is 2. The van der Waals surface area contributed by atoms with E-state index in [1.54, 1.807) is 24.3 Å². The Morgan fingerprint density at radius 3 is 2.46 bits per heavy atom. The van der Waals surface area contributed by atoms with Crippen LogP contribution in [-0.2, 0) is 14.4 Å². The zero-order valence-electron chi connectivity index (χ0n) is 18.0. The summed E-state index contributed by atoms with van der Waals surface area (Å²) >= 11 is 0.671. The average molecular weight is 499 g/mol. The number of thiazole rings is 1. The SMILES string of the molecule is O=C(Nc1ncc(F)s1)C(=NO[C@@H]1CCOC1)c1ccc(NC(=O)c2ccc([N+](=O)[O-])cc2)cc1. The largest absolute Gasteiger partial charge is 0.389 e. The lowest BCUT2D eigenvalue weighted by atomic mass is 10.1. The van der Waals surface area contributed by atoms with Crippen LogP contribution in [0.15, 0.2) is 59.9 Å². The van der Waals surface area contributed by atoms with Gasteiger partial charge in [0.05, 0.1) is 24.3 Å². The normalized spacial score (nSPS) is 15.5. The molecule has 1 aliphatic heterocycles. The number of carbonyl (C=O) groups excluding carboxylic acids is 2. The Morgan fingerprint density at radius 2 is 1.86 bits per heavy atom. The van der Waals surface area contributed by atoms with Gasteiger partial charge in [0.1, 0.15) is 0 Å². The van der Waals surface area contributed by atoms with Crippen molar-refractivity contribution in [3.8, 4) is 0 Å². The van der Waals surface area contributed by atoms with Crippen LogP contribution in [0.3, 0.4) is 0 Å². The van der Waals surface area contributed by atoms with E-state index in [9.17, 15) is 24.1 Å². The first-order valence-electron chi connectivity index (χ1n) is 10.3. The van der Waals surface area contributed by atoms with Crippen molar-refractivity contribution >= 4 is 45.4 Å². The number of nitro groups is 1. The molecule has 0 spiro atoms. The third-order valence-corrected chi connectivity index (χ3v) is 5.55. The van der Waals surface area contributed by atoms with Gasteiger partial charge >= 0.3 is 0 Å². The highest BCUT2D eigenvalue weighted by Gasteiger charge is 2.21. The Balaban J connectivity index is 1.48. The zero-order chi connectivity index (χ0) is 24.8. The number of oxime groups is 1. The van der Waals surface area contributed by atoms with Gasteiger partial charge in [-0.1, -0.05) is 28.6 Å². The molecule has 1 aromatic heterocycles. The van der Waals surface area contributed by atoms with Gasteiger partial charge in [-0.3, -0.25) is 25.0 Å². The highest BCUT2D eigenvalue weighted by molar-refractivity contribution is 7.14. The standard InChI is InChI=1S/C22H18FN5O6S/c23-18-11-24-22(35-18)26-21(30)19(27-34-17-9-10-33-12-17)13-1-5-15(6-2-13)25-20(29)14-3-7-16(8-4-14)28(31)32/h1-8,11,17H,9-10,12H2,(H,25,29)(H,24,26,30)/t17-/m1/s1. The van der Waals surface area contributed by atoms with E-state index < -0.39 is 21.9 Å². The number of carbonyl (C=O) groups is 2. The molecule has 1 saturated heterocycles. The summed E-state index contributed by atoms with van der Waals surface area (Å²) in [5.74, 6) is -1.12. The average Bonchev–Trinajstić information content (AvgIpc) is 3.52. The van der Waals surface area contributed by atoms with Gasteiger partial charge in [0.25, 0.3) is 17.5 Å². The van der Waals surface area contributed by atoms with E-state index in [4.69, 9.17) is 9.57 Å². The number of anilines is 2. The Kier molecular flexibility index (Phi) is 7.38. The summed E-state index contributed by atoms with van der Waals surface area (Å²) in [7, 11) is 0. The molecule has 2 aromatic carbocycles. The molecule has 1 atom stereocenters. The zero-order valence-corrected chi connectivity index (χ0v) is 18.8. The Morgan fingerprint density at radius 1 is 1.14 bits per heavy atom. The molecule has 1 aliphatic rings. The van der Waals surface area contributed by atoms with E-state index in [1.165, 1.54) is 24.3 Å². The minimum Gasteiger partial charge on any atom is -0.389 e. The van der Waals surface area contributed by atoms with Crippen molar-refractivity contribution in [2.24, 2.45) is 5.16 Å². The number of halogens is 1. The Hall–Kier alpha value is -4.23. The predicted octanol–water partition coefficient (Wildman–Crippen LogP) is 3.59. The number of nitrogens with one attached hydrogen (secondary N) is 2. The Bertz CT molecular complexity index is 1260. The second kappa shape index (κ2) is 10.8. The van der Waals surface area contributed by atoms with E-state index in [0.29, 0.717) is 42.2 Å². The number of aromatic nitrogens is 1. The molecular formula is C22H18FN5O6S. The summed E-state index contributed by atoms with van der Waals surface area (Å²) < 4.78 is 18.5. The number of rotatable bonds is 8. The lowest BCUT2D eigenvalue weighted by Crippen LogP contribution is -2.25. The van der Waals surface area contributed by atoms with Crippen LogP contribution in [-0.4, -0.2) is 46.8 Å². The predicted molar refractivity (Wildman–Crippen MR) is 125 cm³/mol. The van der Waals surface area contributed by atoms with Crippen LogP contribution in [0.4, 0.5) is 20.9 Å². The first kappa shape index (κ1) is 23.9. The fourth-order valence-corrected chi connectivity index (χ4v) is 3.61. The molecule has 0 unspecified atom stereocenters. The van der Waals surface area contributed by atoms with Gasteiger partial charge in [0.2, 0.25) is 0 Å². The number of non-ortho nitro benzene ring substituents is 1. The third-order valence-electron chi connectivity index (χ3n) is 4.85. The summed E-state index contributed by atoms with van der Waals surface area (Å²) in [4.78, 5) is 44.7. The van der Waals surface area contributed by atoms with Crippen molar-refractivity contribution < 1.29 is 28.5 Å². The summed E-state index contributed by atoms with van der Waals surface area (Å²) in [6.45, 7) is 0.882. The first-order chi connectivity index (χ1) is 16.9. The molecule has 0 radical (unpaired) electrons. The summed E-state index contributed by atoms with van der Waals surface area (Å²) in [6.07, 6.45) is 1.32. The second-order valence-corrected chi connectivity index (χ2v) is 8.27. The molecule has 0 aliphatic carbocycles. The van der Waals surface area contributed by atoms with Crippen molar-refractivity contribution in [1.82, 2.24) is 4.98 Å². The molecule has 2 N–H and O–H groups in total. The van der Waals surface area contributed by atoms with Gasteiger partial charge in [0, 0.05) is 35.4 Å². The smallest absolute Gasteiger partial charge is 0.280 e. The monoisotopic (exact) mass is 499 g/mol. The molecule has 1 fully saturated rings. The lowest BCUT2D eigenvalue weighted by molar-refractivity contribution is -0.384. The molecular weight excluding hydrogens is 481 g/mol. The molecule has 11 nitrogen and oxygen atoms in total. The molecule has 4 rings (SSSR count). The first-order valence-corrected chi connectivity index (χ1v) is 11.1. The van der Waals surface area contributed by atoms with E-state index >= 15 is 0 Å². The maximum Gasteiger partial charge on any atom is 0.280 e. The molecule has 0 saturated carbocycles. The second-order valence-electron chi connectivity index (χ2n) is 7.29. The van der Waals surface area contributed by atoms with Crippen LogP contribution in [0.5, 0.6) is 0 Å². The summed E-state index contributed by atoms with van der Waals surface area (Å²) in [6, 6.07) is 11.4. The van der Waals surface area contributed by atoms with Gasteiger partial charge in [-0.2, -0.15) is 4.39 Å². The van der Waals surface area contributed by atoms with Gasteiger partial charge in [-0.15, -0.1) is 0 Å². The van der Waals surface area contributed by atoms with Crippen LogP contribution in [0.2, 0.25) is 0 Å². The number of hydrogen-bond acceptors (Lipinski definition) is 9. The van der Waals surface area contributed by atoms with Crippen LogP contribution in [0, 0.1) is 15.2 Å². The molecule has 13 heteroatoms.